The van der Waals surface area contributed by atoms with Crippen LogP contribution in [0.5, 0.6) is 0 Å². The Bertz CT molecular complexity index is 512. The number of benzene rings is 1. The maximum atomic E-state index is 5.96. The van der Waals surface area contributed by atoms with Gasteiger partial charge in [0.25, 0.3) is 0 Å². The standard InChI is InChI=1S/C11H13IN4O/c1-17-5-4-16-7-14-15-11(16)9-6-8(12)2-3-10(9)13/h2-3,6-7H,4-5,13H2,1H3. The second-order valence-electron chi connectivity index (χ2n) is 3.57. The molecule has 0 amide bonds. The number of nitrogens with zero attached hydrogens (tertiary/aromatic N) is 3. The number of rotatable bonds is 4. The highest BCUT2D eigenvalue weighted by atomic mass is 127. The van der Waals surface area contributed by atoms with Gasteiger partial charge in [-0.2, -0.15) is 0 Å². The van der Waals surface area contributed by atoms with Crippen molar-refractivity contribution in [3.8, 4) is 11.4 Å². The van der Waals surface area contributed by atoms with Crippen molar-refractivity contribution < 1.29 is 4.74 Å². The first kappa shape index (κ1) is 12.3. The van der Waals surface area contributed by atoms with E-state index in [1.807, 2.05) is 22.8 Å². The third-order valence-electron chi connectivity index (χ3n) is 2.41. The first-order valence-corrected chi connectivity index (χ1v) is 6.22. The zero-order valence-electron chi connectivity index (χ0n) is 9.43. The fourth-order valence-corrected chi connectivity index (χ4v) is 2.03. The maximum Gasteiger partial charge on any atom is 0.165 e. The molecule has 0 spiro atoms. The predicted octanol–water partition coefficient (Wildman–Crippen LogP) is 1.78. The monoisotopic (exact) mass is 344 g/mol. The van der Waals surface area contributed by atoms with E-state index >= 15 is 0 Å². The Balaban J connectivity index is 2.38. The molecule has 1 aromatic carbocycles. The molecule has 2 rings (SSSR count). The second kappa shape index (κ2) is 5.46. The molecule has 2 N–H and O–H groups in total. The van der Waals surface area contributed by atoms with Crippen molar-refractivity contribution in [2.45, 2.75) is 6.54 Å². The number of halogens is 1. The van der Waals surface area contributed by atoms with Gasteiger partial charge in [-0.15, -0.1) is 10.2 Å². The van der Waals surface area contributed by atoms with Crippen LogP contribution in [0.1, 0.15) is 0 Å². The van der Waals surface area contributed by atoms with Gasteiger partial charge in [0.15, 0.2) is 5.82 Å². The van der Waals surface area contributed by atoms with Crippen LogP contribution in [-0.4, -0.2) is 28.5 Å². The zero-order valence-corrected chi connectivity index (χ0v) is 11.6. The Morgan fingerprint density at radius 3 is 3.06 bits per heavy atom. The number of methoxy groups -OCH3 is 1. The summed E-state index contributed by atoms with van der Waals surface area (Å²) >= 11 is 2.25. The van der Waals surface area contributed by atoms with Gasteiger partial charge in [0.1, 0.15) is 6.33 Å². The van der Waals surface area contributed by atoms with Gasteiger partial charge >= 0.3 is 0 Å². The number of nitrogens with two attached hydrogens (primary N) is 1. The number of nitrogen functional groups attached to an aromatic ring is 1. The fraction of sp³-hybridized carbons (Fsp3) is 0.273. The molecule has 0 radical (unpaired) electrons. The number of ether oxygens (including phenoxy) is 1. The normalized spacial score (nSPS) is 10.7. The van der Waals surface area contributed by atoms with Crippen molar-refractivity contribution in [2.75, 3.05) is 19.5 Å². The summed E-state index contributed by atoms with van der Waals surface area (Å²) in [4.78, 5) is 0. The highest BCUT2D eigenvalue weighted by molar-refractivity contribution is 14.1. The summed E-state index contributed by atoms with van der Waals surface area (Å²) in [7, 11) is 1.67. The lowest BCUT2D eigenvalue weighted by Gasteiger charge is -2.08. The van der Waals surface area contributed by atoms with Crippen molar-refractivity contribution >= 4 is 28.3 Å². The maximum absolute atomic E-state index is 5.96. The van der Waals surface area contributed by atoms with Gasteiger partial charge < -0.3 is 15.0 Å². The molecule has 6 heteroatoms. The van der Waals surface area contributed by atoms with E-state index in [9.17, 15) is 0 Å². The fourth-order valence-electron chi connectivity index (χ4n) is 1.54. The molecule has 0 aliphatic heterocycles. The molecule has 90 valence electrons. The van der Waals surface area contributed by atoms with Gasteiger partial charge in [0, 0.05) is 28.5 Å². The Morgan fingerprint density at radius 2 is 2.29 bits per heavy atom. The van der Waals surface area contributed by atoms with Gasteiger partial charge in [0.2, 0.25) is 0 Å². The van der Waals surface area contributed by atoms with Crippen molar-refractivity contribution in [1.82, 2.24) is 14.8 Å². The minimum atomic E-state index is 0.620. The molecule has 0 aliphatic carbocycles. The van der Waals surface area contributed by atoms with Crippen molar-refractivity contribution in [1.29, 1.82) is 0 Å². The Labute approximate surface area is 113 Å². The summed E-state index contributed by atoms with van der Waals surface area (Å²) in [5, 5.41) is 8.04. The van der Waals surface area contributed by atoms with Crippen LogP contribution in [-0.2, 0) is 11.3 Å². The molecule has 17 heavy (non-hydrogen) atoms. The largest absolute Gasteiger partial charge is 0.398 e. The molecule has 0 saturated carbocycles. The summed E-state index contributed by atoms with van der Waals surface area (Å²) in [6, 6.07) is 5.85. The van der Waals surface area contributed by atoms with Crippen LogP contribution in [0.15, 0.2) is 24.5 Å². The van der Waals surface area contributed by atoms with Crippen molar-refractivity contribution in [3.63, 3.8) is 0 Å². The number of aromatic nitrogens is 3. The Hall–Kier alpha value is -1.15. The molecule has 0 unspecified atom stereocenters. The van der Waals surface area contributed by atoms with Crippen molar-refractivity contribution in [2.24, 2.45) is 0 Å². The van der Waals surface area contributed by atoms with Crippen LogP contribution in [0.25, 0.3) is 11.4 Å². The van der Waals surface area contributed by atoms with E-state index in [2.05, 4.69) is 32.8 Å². The van der Waals surface area contributed by atoms with E-state index in [0.29, 0.717) is 18.8 Å². The van der Waals surface area contributed by atoms with Crippen LogP contribution in [0.2, 0.25) is 0 Å². The van der Waals surface area contributed by atoms with E-state index in [0.717, 1.165) is 15.0 Å². The average molecular weight is 344 g/mol. The third kappa shape index (κ3) is 2.75. The second-order valence-corrected chi connectivity index (χ2v) is 4.82. The summed E-state index contributed by atoms with van der Waals surface area (Å²) < 4.78 is 8.11. The lowest BCUT2D eigenvalue weighted by molar-refractivity contribution is 0.187. The van der Waals surface area contributed by atoms with E-state index < -0.39 is 0 Å². The highest BCUT2D eigenvalue weighted by Gasteiger charge is 2.10. The third-order valence-corrected chi connectivity index (χ3v) is 3.08. The van der Waals surface area contributed by atoms with Gasteiger partial charge in [-0.3, -0.25) is 0 Å². The minimum absolute atomic E-state index is 0.620. The molecular formula is C11H13IN4O. The first-order valence-electron chi connectivity index (χ1n) is 5.14. The Kier molecular flexibility index (Phi) is 3.95. The van der Waals surface area contributed by atoms with E-state index in [4.69, 9.17) is 10.5 Å². The topological polar surface area (TPSA) is 66.0 Å². The Morgan fingerprint density at radius 1 is 1.47 bits per heavy atom. The minimum Gasteiger partial charge on any atom is -0.398 e. The highest BCUT2D eigenvalue weighted by Crippen LogP contribution is 2.25. The zero-order chi connectivity index (χ0) is 12.3. The quantitative estimate of drug-likeness (QED) is 0.678. The van der Waals surface area contributed by atoms with Crippen LogP contribution in [0.3, 0.4) is 0 Å². The summed E-state index contributed by atoms with van der Waals surface area (Å²) in [5.41, 5.74) is 7.58. The van der Waals surface area contributed by atoms with Crippen LogP contribution in [0, 0.1) is 3.57 Å². The number of anilines is 1. The lowest BCUT2D eigenvalue weighted by Crippen LogP contribution is -2.06. The average Bonchev–Trinajstić information content (AvgIpc) is 2.77. The van der Waals surface area contributed by atoms with Crippen LogP contribution in [0.4, 0.5) is 5.69 Å². The van der Waals surface area contributed by atoms with E-state index in [1.54, 1.807) is 13.4 Å². The molecule has 0 bridgehead atoms. The van der Waals surface area contributed by atoms with Gasteiger partial charge in [-0.05, 0) is 40.8 Å². The first-order chi connectivity index (χ1) is 8.22. The molecular weight excluding hydrogens is 331 g/mol. The van der Waals surface area contributed by atoms with Gasteiger partial charge in [-0.1, -0.05) is 0 Å². The molecule has 0 aliphatic rings. The van der Waals surface area contributed by atoms with Crippen molar-refractivity contribution in [3.05, 3.63) is 28.1 Å². The van der Waals surface area contributed by atoms with Gasteiger partial charge in [0.05, 0.1) is 6.61 Å². The summed E-state index contributed by atoms with van der Waals surface area (Å²) in [5.74, 6) is 0.776. The molecule has 0 atom stereocenters. The summed E-state index contributed by atoms with van der Waals surface area (Å²) in [6.45, 7) is 1.33. The molecule has 0 saturated heterocycles. The molecule has 2 aromatic rings. The number of hydrogen-bond donors (Lipinski definition) is 1. The van der Waals surface area contributed by atoms with Crippen LogP contribution >= 0.6 is 22.6 Å². The number of hydrogen-bond acceptors (Lipinski definition) is 4. The lowest BCUT2D eigenvalue weighted by atomic mass is 10.1. The predicted molar refractivity (Wildman–Crippen MR) is 74.5 cm³/mol. The van der Waals surface area contributed by atoms with Crippen LogP contribution < -0.4 is 5.73 Å². The summed E-state index contributed by atoms with van der Waals surface area (Å²) in [6.07, 6.45) is 1.69. The molecule has 0 fully saturated rings. The molecule has 5 nitrogen and oxygen atoms in total. The van der Waals surface area contributed by atoms with E-state index in [1.165, 1.54) is 0 Å². The molecule has 1 heterocycles. The van der Waals surface area contributed by atoms with E-state index in [-0.39, 0.29) is 0 Å². The smallest absolute Gasteiger partial charge is 0.165 e. The van der Waals surface area contributed by atoms with Gasteiger partial charge in [-0.25, -0.2) is 0 Å². The molecule has 1 aromatic heterocycles. The SMILES string of the molecule is COCCn1cnnc1-c1cc(I)ccc1N.